The van der Waals surface area contributed by atoms with E-state index in [0.717, 1.165) is 11.1 Å². The van der Waals surface area contributed by atoms with Crippen LogP contribution >= 0.6 is 12.4 Å². The summed E-state index contributed by atoms with van der Waals surface area (Å²) in [4.78, 5) is 33.1. The third-order valence-electron chi connectivity index (χ3n) is 3.82. The Bertz CT molecular complexity index is 794. The number of hydrogen-bond acceptors (Lipinski definition) is 6. The van der Waals surface area contributed by atoms with Gasteiger partial charge in [-0.3, -0.25) is 15.0 Å². The molecule has 2 rings (SSSR count). The maximum Gasteiger partial charge on any atom is 0.305 e. The number of methoxy groups -OCH3 is 1. The molecule has 2 aromatic rings. The largest absolute Gasteiger partial charge is 0.469 e. The van der Waals surface area contributed by atoms with Crippen LogP contribution in [0.3, 0.4) is 0 Å². The van der Waals surface area contributed by atoms with E-state index in [1.807, 2.05) is 12.1 Å². The van der Waals surface area contributed by atoms with Crippen LogP contribution in [0, 0.1) is 5.41 Å². The predicted molar refractivity (Wildman–Crippen MR) is 104 cm³/mol. The number of nitrogens with one attached hydrogen (secondary N) is 1. The molecule has 1 aromatic carbocycles. The molecule has 8 nitrogen and oxygen atoms in total. The van der Waals surface area contributed by atoms with Crippen LogP contribution in [0.2, 0.25) is 0 Å². The molecule has 1 heterocycles. The molecule has 0 radical (unpaired) electrons. The Hall–Kier alpha value is -3.00. The highest BCUT2D eigenvalue weighted by atomic mass is 35.5. The lowest BCUT2D eigenvalue weighted by molar-refractivity contribution is -0.140. The van der Waals surface area contributed by atoms with Crippen LogP contribution in [0.4, 0.5) is 0 Å². The van der Waals surface area contributed by atoms with Gasteiger partial charge in [0.1, 0.15) is 5.84 Å². The smallest absolute Gasteiger partial charge is 0.305 e. The number of amides is 1. The maximum absolute atomic E-state index is 12.3. The minimum atomic E-state index is -0.312. The molecule has 144 valence electrons. The number of nitrogens with two attached hydrogens (primary N) is 1. The van der Waals surface area contributed by atoms with E-state index in [1.165, 1.54) is 12.0 Å². The van der Waals surface area contributed by atoms with Gasteiger partial charge in [0.15, 0.2) is 0 Å². The molecular weight excluding hydrogens is 370 g/mol. The van der Waals surface area contributed by atoms with Crippen LogP contribution < -0.4 is 5.73 Å². The first-order valence-electron chi connectivity index (χ1n) is 8.01. The second kappa shape index (κ2) is 10.2. The molecule has 0 aliphatic rings. The molecule has 1 aromatic heterocycles. The van der Waals surface area contributed by atoms with Crippen LogP contribution in [0.1, 0.15) is 29.0 Å². The third-order valence-corrected chi connectivity index (χ3v) is 3.82. The lowest BCUT2D eigenvalue weighted by Gasteiger charge is -2.15. The van der Waals surface area contributed by atoms with Gasteiger partial charge in [-0.05, 0) is 12.0 Å². The van der Waals surface area contributed by atoms with Gasteiger partial charge in [0, 0.05) is 43.5 Å². The highest BCUT2D eigenvalue weighted by Crippen LogP contribution is 2.18. The number of aromatic nitrogens is 2. The Morgan fingerprint density at radius 1 is 1.15 bits per heavy atom. The minimum absolute atomic E-state index is 0. The number of nitrogens with zero attached hydrogens (tertiary/aromatic N) is 3. The second-order valence-electron chi connectivity index (χ2n) is 5.69. The average molecular weight is 392 g/mol. The molecule has 0 aliphatic heterocycles. The van der Waals surface area contributed by atoms with Gasteiger partial charge in [-0.1, -0.05) is 24.3 Å². The quantitative estimate of drug-likeness (QED) is 0.422. The fourth-order valence-corrected chi connectivity index (χ4v) is 2.26. The Morgan fingerprint density at radius 2 is 1.74 bits per heavy atom. The van der Waals surface area contributed by atoms with Crippen molar-refractivity contribution in [3.05, 3.63) is 48.0 Å². The lowest BCUT2D eigenvalue weighted by atomic mass is 10.1. The SMILES string of the molecule is COC(=O)CCCN(C)C(=O)c1ncc(-c2ccc(C(=N)N)cc2)cn1.Cl. The van der Waals surface area contributed by atoms with Gasteiger partial charge < -0.3 is 15.4 Å². The maximum atomic E-state index is 12.3. The number of ether oxygens (including phenoxy) is 1. The van der Waals surface area contributed by atoms with Crippen molar-refractivity contribution in [2.75, 3.05) is 20.7 Å². The predicted octanol–water partition coefficient (Wildman–Crippen LogP) is 1.87. The van der Waals surface area contributed by atoms with Gasteiger partial charge >= 0.3 is 5.97 Å². The normalized spacial score (nSPS) is 9.85. The van der Waals surface area contributed by atoms with E-state index >= 15 is 0 Å². The van der Waals surface area contributed by atoms with E-state index in [0.29, 0.717) is 18.5 Å². The first-order chi connectivity index (χ1) is 12.4. The van der Waals surface area contributed by atoms with Crippen LogP contribution in [0.25, 0.3) is 11.1 Å². The third kappa shape index (κ3) is 6.03. The molecule has 0 spiro atoms. The molecule has 0 aliphatic carbocycles. The molecule has 3 N–H and O–H groups in total. The number of esters is 1. The number of carbonyl (C=O) groups is 2. The number of amidine groups is 1. The average Bonchev–Trinajstić information content (AvgIpc) is 2.67. The Balaban J connectivity index is 0.00000364. The molecule has 0 bridgehead atoms. The zero-order valence-corrected chi connectivity index (χ0v) is 16.0. The zero-order valence-electron chi connectivity index (χ0n) is 15.1. The van der Waals surface area contributed by atoms with Crippen molar-refractivity contribution >= 4 is 30.1 Å². The summed E-state index contributed by atoms with van der Waals surface area (Å²) in [6, 6.07) is 7.11. The van der Waals surface area contributed by atoms with Gasteiger partial charge in [0.25, 0.3) is 5.91 Å². The number of nitrogen functional groups attached to an aromatic ring is 1. The summed E-state index contributed by atoms with van der Waals surface area (Å²) in [6.07, 6.45) is 3.91. The zero-order chi connectivity index (χ0) is 19.1. The molecule has 9 heteroatoms. The van der Waals surface area contributed by atoms with Crippen LogP contribution in [-0.2, 0) is 9.53 Å². The highest BCUT2D eigenvalue weighted by molar-refractivity contribution is 5.95. The molecule has 0 atom stereocenters. The van der Waals surface area contributed by atoms with Crippen molar-refractivity contribution in [3.63, 3.8) is 0 Å². The summed E-state index contributed by atoms with van der Waals surface area (Å²) in [6.45, 7) is 0.408. The van der Waals surface area contributed by atoms with Crippen LogP contribution in [0.5, 0.6) is 0 Å². The summed E-state index contributed by atoms with van der Waals surface area (Å²) in [5.74, 6) is -0.519. The van der Waals surface area contributed by atoms with Crippen molar-refractivity contribution in [3.8, 4) is 11.1 Å². The van der Waals surface area contributed by atoms with E-state index in [2.05, 4.69) is 14.7 Å². The highest BCUT2D eigenvalue weighted by Gasteiger charge is 2.15. The Labute approximate surface area is 163 Å². The van der Waals surface area contributed by atoms with Gasteiger partial charge in [-0.15, -0.1) is 12.4 Å². The van der Waals surface area contributed by atoms with Crippen molar-refractivity contribution in [2.24, 2.45) is 5.73 Å². The van der Waals surface area contributed by atoms with E-state index in [4.69, 9.17) is 11.1 Å². The Morgan fingerprint density at radius 3 is 2.26 bits per heavy atom. The molecule has 0 fully saturated rings. The van der Waals surface area contributed by atoms with Gasteiger partial charge in [0.2, 0.25) is 5.82 Å². The van der Waals surface area contributed by atoms with E-state index in [9.17, 15) is 9.59 Å². The molecule has 0 saturated carbocycles. The molecule has 0 saturated heterocycles. The molecular formula is C18H22ClN5O3. The fraction of sp³-hybridized carbons (Fsp3) is 0.278. The van der Waals surface area contributed by atoms with Crippen molar-refractivity contribution in [1.29, 1.82) is 5.41 Å². The first kappa shape index (κ1) is 22.0. The number of benzene rings is 1. The summed E-state index contributed by atoms with van der Waals surface area (Å²) in [7, 11) is 2.97. The molecule has 0 unspecified atom stereocenters. The lowest BCUT2D eigenvalue weighted by Crippen LogP contribution is -2.29. The fourth-order valence-electron chi connectivity index (χ4n) is 2.26. The van der Waals surface area contributed by atoms with Crippen molar-refractivity contribution in [2.45, 2.75) is 12.8 Å². The van der Waals surface area contributed by atoms with Crippen molar-refractivity contribution in [1.82, 2.24) is 14.9 Å². The minimum Gasteiger partial charge on any atom is -0.469 e. The standard InChI is InChI=1S/C18H21N5O3.ClH/c1-23(9-3-4-15(24)26-2)18(25)17-21-10-14(11-22-17)12-5-7-13(8-6-12)16(19)20;/h5-8,10-11H,3-4,9H2,1-2H3,(H3,19,20);1H. The number of rotatable bonds is 7. The van der Waals surface area contributed by atoms with Crippen LogP contribution in [-0.4, -0.2) is 53.3 Å². The molecule has 27 heavy (non-hydrogen) atoms. The van der Waals surface area contributed by atoms with Crippen molar-refractivity contribution < 1.29 is 14.3 Å². The monoisotopic (exact) mass is 391 g/mol. The summed E-state index contributed by atoms with van der Waals surface area (Å²) < 4.78 is 4.57. The van der Waals surface area contributed by atoms with E-state index < -0.39 is 0 Å². The van der Waals surface area contributed by atoms with Gasteiger partial charge in [-0.25, -0.2) is 9.97 Å². The van der Waals surface area contributed by atoms with Gasteiger partial charge in [-0.2, -0.15) is 0 Å². The van der Waals surface area contributed by atoms with E-state index in [1.54, 1.807) is 31.6 Å². The van der Waals surface area contributed by atoms with Gasteiger partial charge in [0.05, 0.1) is 7.11 Å². The number of halogens is 1. The summed E-state index contributed by atoms with van der Waals surface area (Å²) in [5.41, 5.74) is 7.68. The molecule has 1 amide bonds. The summed E-state index contributed by atoms with van der Waals surface area (Å²) >= 11 is 0. The number of hydrogen-bond donors (Lipinski definition) is 2. The number of carbonyl (C=O) groups excluding carboxylic acids is 2. The first-order valence-corrected chi connectivity index (χ1v) is 8.01. The summed E-state index contributed by atoms with van der Waals surface area (Å²) in [5, 5.41) is 7.39. The Kier molecular flexibility index (Phi) is 8.34. The topological polar surface area (TPSA) is 122 Å². The van der Waals surface area contributed by atoms with Crippen LogP contribution in [0.15, 0.2) is 36.7 Å². The second-order valence-corrected chi connectivity index (χ2v) is 5.69. The van der Waals surface area contributed by atoms with E-state index in [-0.39, 0.29) is 42.4 Å².